The summed E-state index contributed by atoms with van der Waals surface area (Å²) in [6.07, 6.45) is 3.21. The van der Waals surface area contributed by atoms with E-state index in [9.17, 15) is 4.39 Å². The monoisotopic (exact) mass is 526 g/mol. The topological polar surface area (TPSA) is 46.2 Å². The number of ether oxygens (including phenoxy) is 1. The van der Waals surface area contributed by atoms with Crippen molar-refractivity contribution in [3.05, 3.63) is 82.1 Å². The van der Waals surface area contributed by atoms with Crippen LogP contribution >= 0.6 is 23.2 Å². The SMILES string of the molecule is N=c1n(CCCOc2ccc(Cl)cc2Cl)c2ccc(-c3ccc(F)cc3)cc2n1CCN1CCCC1. The maximum atomic E-state index is 13.5. The number of rotatable bonds is 9. The number of likely N-dealkylation sites (tertiary alicyclic amines) is 1. The highest BCUT2D eigenvalue weighted by Gasteiger charge is 2.16. The number of nitrogens with zero attached hydrogens (tertiary/aromatic N) is 3. The van der Waals surface area contributed by atoms with Crippen LogP contribution in [0, 0.1) is 11.2 Å². The van der Waals surface area contributed by atoms with Gasteiger partial charge in [0.2, 0.25) is 5.62 Å². The maximum Gasteiger partial charge on any atom is 0.203 e. The maximum absolute atomic E-state index is 13.5. The Morgan fingerprint density at radius 3 is 2.28 bits per heavy atom. The second-order valence-electron chi connectivity index (χ2n) is 9.16. The summed E-state index contributed by atoms with van der Waals surface area (Å²) >= 11 is 12.2. The molecule has 1 saturated heterocycles. The van der Waals surface area contributed by atoms with E-state index in [4.69, 9.17) is 33.3 Å². The number of hydrogen-bond donors (Lipinski definition) is 1. The van der Waals surface area contributed by atoms with E-state index in [1.807, 2.05) is 10.6 Å². The first kappa shape index (κ1) is 24.9. The Hall–Kier alpha value is -2.80. The van der Waals surface area contributed by atoms with Gasteiger partial charge in [0.05, 0.1) is 22.7 Å². The fraction of sp³-hybridized carbons (Fsp3) is 0.321. The average molecular weight is 527 g/mol. The Morgan fingerprint density at radius 1 is 0.806 bits per heavy atom. The van der Waals surface area contributed by atoms with Crippen LogP contribution in [-0.4, -0.2) is 40.3 Å². The largest absolute Gasteiger partial charge is 0.492 e. The van der Waals surface area contributed by atoms with Crippen LogP contribution in [0.2, 0.25) is 10.0 Å². The van der Waals surface area contributed by atoms with Crippen LogP contribution in [0.5, 0.6) is 5.75 Å². The normalized spacial score (nSPS) is 14.1. The lowest BCUT2D eigenvalue weighted by Crippen LogP contribution is -2.30. The van der Waals surface area contributed by atoms with E-state index >= 15 is 0 Å². The molecule has 0 radical (unpaired) electrons. The summed E-state index contributed by atoms with van der Waals surface area (Å²) in [6, 6.07) is 18.0. The molecule has 1 aliphatic rings. The number of halogens is 3. The third-order valence-electron chi connectivity index (χ3n) is 6.76. The fourth-order valence-corrected chi connectivity index (χ4v) is 5.32. The second kappa shape index (κ2) is 11.1. The van der Waals surface area contributed by atoms with E-state index in [1.54, 1.807) is 30.3 Å². The number of aryl methyl sites for hydroxylation is 1. The third kappa shape index (κ3) is 5.46. The van der Waals surface area contributed by atoms with Crippen molar-refractivity contribution < 1.29 is 9.13 Å². The van der Waals surface area contributed by atoms with Gasteiger partial charge < -0.3 is 18.8 Å². The average Bonchev–Trinajstić information content (AvgIpc) is 3.48. The molecule has 0 atom stereocenters. The van der Waals surface area contributed by atoms with E-state index in [2.05, 4.69) is 21.6 Å². The molecule has 5 nitrogen and oxygen atoms in total. The summed E-state index contributed by atoms with van der Waals surface area (Å²) in [5, 5.41) is 10.1. The molecule has 4 aromatic rings. The van der Waals surface area contributed by atoms with Gasteiger partial charge in [-0.05, 0) is 85.9 Å². The minimum Gasteiger partial charge on any atom is -0.492 e. The zero-order valence-corrected chi connectivity index (χ0v) is 21.5. The van der Waals surface area contributed by atoms with Gasteiger partial charge in [-0.25, -0.2) is 4.39 Å². The molecule has 1 N–H and O–H groups in total. The second-order valence-corrected chi connectivity index (χ2v) is 10.0. The van der Waals surface area contributed by atoms with Crippen molar-refractivity contribution in [1.82, 2.24) is 14.0 Å². The molecular formula is C28H29Cl2FN4O. The Labute approximate surface area is 220 Å². The number of fused-ring (bicyclic) bond motifs is 1. The van der Waals surface area contributed by atoms with E-state index < -0.39 is 0 Å². The van der Waals surface area contributed by atoms with Crippen LogP contribution in [-0.2, 0) is 13.1 Å². The van der Waals surface area contributed by atoms with E-state index in [1.165, 1.54) is 25.0 Å². The summed E-state index contributed by atoms with van der Waals surface area (Å²) in [6.45, 7) is 5.05. The van der Waals surface area contributed by atoms with Crippen molar-refractivity contribution >= 4 is 34.2 Å². The van der Waals surface area contributed by atoms with Crippen molar-refractivity contribution in [2.45, 2.75) is 32.4 Å². The lowest BCUT2D eigenvalue weighted by molar-refractivity contribution is 0.300. The first-order chi connectivity index (χ1) is 17.5. The summed E-state index contributed by atoms with van der Waals surface area (Å²) in [5.41, 5.74) is 4.47. The summed E-state index contributed by atoms with van der Waals surface area (Å²) in [7, 11) is 0. The van der Waals surface area contributed by atoms with Crippen LogP contribution in [0.4, 0.5) is 4.39 Å². The van der Waals surface area contributed by atoms with Crippen molar-refractivity contribution in [2.24, 2.45) is 0 Å². The molecule has 36 heavy (non-hydrogen) atoms. The molecule has 5 rings (SSSR count). The minimum atomic E-state index is -0.248. The molecule has 8 heteroatoms. The number of imidazole rings is 1. The lowest BCUT2D eigenvalue weighted by atomic mass is 10.1. The Kier molecular flexibility index (Phi) is 7.65. The highest BCUT2D eigenvalue weighted by Crippen LogP contribution is 2.28. The predicted molar refractivity (Wildman–Crippen MR) is 143 cm³/mol. The van der Waals surface area contributed by atoms with Crippen LogP contribution in [0.3, 0.4) is 0 Å². The van der Waals surface area contributed by atoms with Crippen LogP contribution < -0.4 is 10.4 Å². The fourth-order valence-electron chi connectivity index (χ4n) is 4.86. The van der Waals surface area contributed by atoms with Crippen LogP contribution in [0.15, 0.2) is 60.7 Å². The van der Waals surface area contributed by atoms with Gasteiger partial charge in [0.25, 0.3) is 0 Å². The quantitative estimate of drug-likeness (QED) is 0.249. The number of nitrogens with one attached hydrogen (secondary N) is 1. The predicted octanol–water partition coefficient (Wildman–Crippen LogP) is 6.60. The van der Waals surface area contributed by atoms with Gasteiger partial charge >= 0.3 is 0 Å². The minimum absolute atomic E-state index is 0.248. The van der Waals surface area contributed by atoms with Crippen molar-refractivity contribution in [1.29, 1.82) is 5.41 Å². The zero-order valence-electron chi connectivity index (χ0n) is 20.0. The van der Waals surface area contributed by atoms with Crippen molar-refractivity contribution in [3.8, 4) is 16.9 Å². The molecule has 1 aliphatic heterocycles. The van der Waals surface area contributed by atoms with Gasteiger partial charge in [-0.1, -0.05) is 41.4 Å². The van der Waals surface area contributed by atoms with E-state index in [0.717, 1.165) is 54.8 Å². The van der Waals surface area contributed by atoms with Gasteiger partial charge in [0.15, 0.2) is 0 Å². The molecular weight excluding hydrogens is 498 g/mol. The van der Waals surface area contributed by atoms with Gasteiger partial charge in [-0.15, -0.1) is 0 Å². The molecule has 0 unspecified atom stereocenters. The first-order valence-corrected chi connectivity index (χ1v) is 13.1. The lowest BCUT2D eigenvalue weighted by Gasteiger charge is -2.15. The zero-order chi connectivity index (χ0) is 25.1. The van der Waals surface area contributed by atoms with Crippen molar-refractivity contribution in [3.63, 3.8) is 0 Å². The molecule has 0 spiro atoms. The first-order valence-electron chi connectivity index (χ1n) is 12.3. The van der Waals surface area contributed by atoms with Gasteiger partial charge in [0.1, 0.15) is 11.6 Å². The van der Waals surface area contributed by atoms with Crippen molar-refractivity contribution in [2.75, 3.05) is 26.2 Å². The van der Waals surface area contributed by atoms with Gasteiger partial charge in [-0.3, -0.25) is 5.41 Å². The molecule has 0 amide bonds. The van der Waals surface area contributed by atoms with Crippen LogP contribution in [0.1, 0.15) is 19.3 Å². The molecule has 0 saturated carbocycles. The van der Waals surface area contributed by atoms with Gasteiger partial charge in [0, 0.05) is 24.7 Å². The van der Waals surface area contributed by atoms with Crippen LogP contribution in [0.25, 0.3) is 22.2 Å². The van der Waals surface area contributed by atoms with E-state index in [-0.39, 0.29) is 5.82 Å². The highest BCUT2D eigenvalue weighted by molar-refractivity contribution is 6.35. The molecule has 188 valence electrons. The number of hydrogen-bond acceptors (Lipinski definition) is 3. The Balaban J connectivity index is 1.39. The number of aromatic nitrogens is 2. The Bertz CT molecular complexity index is 1410. The van der Waals surface area contributed by atoms with Gasteiger partial charge in [-0.2, -0.15) is 0 Å². The smallest absolute Gasteiger partial charge is 0.203 e. The number of benzene rings is 3. The summed E-state index contributed by atoms with van der Waals surface area (Å²) < 4.78 is 23.5. The van der Waals surface area contributed by atoms with E-state index in [0.29, 0.717) is 34.6 Å². The highest BCUT2D eigenvalue weighted by atomic mass is 35.5. The standard InChI is InChI=1S/C28H29Cl2FN4O/c29-22-7-11-27(24(30)19-22)36-17-3-14-34-25-10-6-21(20-4-8-23(31)9-5-20)18-26(25)35(28(34)32)16-15-33-12-1-2-13-33/h4-11,18-19,32H,1-3,12-17H2. The molecule has 3 aromatic carbocycles. The Morgan fingerprint density at radius 2 is 1.53 bits per heavy atom. The molecule has 1 aromatic heterocycles. The molecule has 0 bridgehead atoms. The third-order valence-corrected chi connectivity index (χ3v) is 7.29. The summed E-state index contributed by atoms with van der Waals surface area (Å²) in [4.78, 5) is 2.46. The molecule has 1 fully saturated rings. The summed E-state index contributed by atoms with van der Waals surface area (Å²) in [5.74, 6) is 0.358. The molecule has 2 heterocycles. The molecule has 0 aliphatic carbocycles.